The van der Waals surface area contributed by atoms with Gasteiger partial charge in [0.05, 0.1) is 25.8 Å². The lowest BCUT2D eigenvalue weighted by atomic mass is 9.90. The minimum absolute atomic E-state index is 0.0169. The van der Waals surface area contributed by atoms with Crippen molar-refractivity contribution in [1.29, 1.82) is 0 Å². The predicted octanol–water partition coefficient (Wildman–Crippen LogP) is 5.18. The number of nitrogens with one attached hydrogen (secondary N) is 1. The van der Waals surface area contributed by atoms with Gasteiger partial charge in [-0.05, 0) is 48.1 Å². The summed E-state index contributed by atoms with van der Waals surface area (Å²) in [5.41, 5.74) is 2.83. The Hall–Kier alpha value is -2.78. The van der Waals surface area contributed by atoms with Gasteiger partial charge in [0, 0.05) is 24.8 Å². The number of carboxylic acids is 1. The molecule has 2 atom stereocenters. The first kappa shape index (κ1) is 24.9. The zero-order valence-corrected chi connectivity index (χ0v) is 19.0. The molecule has 0 radical (unpaired) electrons. The first-order valence-electron chi connectivity index (χ1n) is 11.3. The van der Waals surface area contributed by atoms with E-state index in [9.17, 15) is 18.7 Å². The molecular formula is C24H31F2N3O4. The van der Waals surface area contributed by atoms with Gasteiger partial charge >= 0.3 is 12.6 Å². The van der Waals surface area contributed by atoms with Crippen molar-refractivity contribution < 1.29 is 28.2 Å². The number of carboxylic acid groups (broad SMARTS) is 1. The van der Waals surface area contributed by atoms with Crippen LogP contribution in [0.15, 0.2) is 36.5 Å². The second-order valence-corrected chi connectivity index (χ2v) is 8.00. The van der Waals surface area contributed by atoms with Gasteiger partial charge in [-0.2, -0.15) is 8.78 Å². The van der Waals surface area contributed by atoms with Crippen molar-refractivity contribution in [3.8, 4) is 5.75 Å². The zero-order chi connectivity index (χ0) is 23.8. The SMILES string of the molecule is CCC(CC(=O)O)c1ccc(C(CC)N2CCOCC2)c(Nc2ccc(OC(F)F)cn2)c1. The van der Waals surface area contributed by atoms with Crippen LogP contribution in [0.25, 0.3) is 0 Å². The molecule has 1 fully saturated rings. The quantitative estimate of drug-likeness (QED) is 0.475. The molecule has 1 aromatic heterocycles. The number of rotatable bonds is 11. The molecule has 33 heavy (non-hydrogen) atoms. The van der Waals surface area contributed by atoms with Gasteiger partial charge in [0.1, 0.15) is 11.6 Å². The number of ether oxygens (including phenoxy) is 2. The second-order valence-electron chi connectivity index (χ2n) is 8.00. The van der Waals surface area contributed by atoms with Crippen molar-refractivity contribution in [2.45, 2.75) is 51.7 Å². The van der Waals surface area contributed by atoms with Crippen molar-refractivity contribution in [1.82, 2.24) is 9.88 Å². The molecule has 2 unspecified atom stereocenters. The topological polar surface area (TPSA) is 83.9 Å². The highest BCUT2D eigenvalue weighted by atomic mass is 19.3. The van der Waals surface area contributed by atoms with Crippen LogP contribution in [0.3, 0.4) is 0 Å². The van der Waals surface area contributed by atoms with E-state index in [1.54, 1.807) is 6.07 Å². The molecule has 2 aromatic rings. The number of aliphatic carboxylic acids is 1. The number of nitrogens with zero attached hydrogens (tertiary/aromatic N) is 2. The maximum Gasteiger partial charge on any atom is 0.387 e. The fraction of sp³-hybridized carbons (Fsp3) is 0.500. The van der Waals surface area contributed by atoms with E-state index < -0.39 is 12.6 Å². The second kappa shape index (κ2) is 11.9. The maximum absolute atomic E-state index is 12.4. The average molecular weight is 464 g/mol. The molecule has 0 bridgehead atoms. The van der Waals surface area contributed by atoms with Crippen LogP contribution in [0.5, 0.6) is 5.75 Å². The standard InChI is InChI=1S/C24H31F2N3O4/c1-3-16(14-23(30)31)17-5-7-19(21(4-2)29-9-11-32-12-10-29)20(13-17)28-22-8-6-18(15-27-22)33-24(25)26/h5-8,13,15-16,21,24H,3-4,9-12,14H2,1-2H3,(H,27,28)(H,30,31). The number of hydrogen-bond donors (Lipinski definition) is 2. The molecule has 1 aliphatic rings. The number of aromatic nitrogens is 1. The molecule has 0 spiro atoms. The molecule has 3 rings (SSSR count). The van der Waals surface area contributed by atoms with E-state index in [0.717, 1.165) is 36.3 Å². The molecular weight excluding hydrogens is 432 g/mol. The molecule has 180 valence electrons. The van der Waals surface area contributed by atoms with E-state index in [1.807, 2.05) is 19.1 Å². The maximum atomic E-state index is 12.4. The lowest BCUT2D eigenvalue weighted by molar-refractivity contribution is -0.137. The van der Waals surface area contributed by atoms with Crippen molar-refractivity contribution in [2.75, 3.05) is 31.6 Å². The average Bonchev–Trinajstić information content (AvgIpc) is 2.80. The van der Waals surface area contributed by atoms with Gasteiger partial charge in [0.2, 0.25) is 0 Å². The van der Waals surface area contributed by atoms with Crippen LogP contribution in [0.1, 0.15) is 56.2 Å². The largest absolute Gasteiger partial charge is 0.481 e. The van der Waals surface area contributed by atoms with E-state index in [-0.39, 0.29) is 24.1 Å². The summed E-state index contributed by atoms with van der Waals surface area (Å²) in [4.78, 5) is 17.9. The monoisotopic (exact) mass is 463 g/mol. The van der Waals surface area contributed by atoms with Crippen LogP contribution in [-0.2, 0) is 9.53 Å². The van der Waals surface area contributed by atoms with Crippen LogP contribution in [0.4, 0.5) is 20.3 Å². The van der Waals surface area contributed by atoms with E-state index in [4.69, 9.17) is 4.74 Å². The summed E-state index contributed by atoms with van der Waals surface area (Å²) in [6.45, 7) is 4.21. The number of hydrogen-bond acceptors (Lipinski definition) is 6. The van der Waals surface area contributed by atoms with Crippen LogP contribution in [-0.4, -0.2) is 53.9 Å². The number of alkyl halides is 2. The summed E-state index contributed by atoms with van der Waals surface area (Å²) >= 11 is 0. The molecule has 1 aliphatic heterocycles. The highest BCUT2D eigenvalue weighted by Gasteiger charge is 2.25. The first-order valence-corrected chi connectivity index (χ1v) is 11.3. The van der Waals surface area contributed by atoms with Crippen molar-refractivity contribution in [3.05, 3.63) is 47.7 Å². The van der Waals surface area contributed by atoms with Crippen LogP contribution in [0, 0.1) is 0 Å². The molecule has 2 N–H and O–H groups in total. The number of morpholine rings is 1. The van der Waals surface area contributed by atoms with Crippen LogP contribution in [0.2, 0.25) is 0 Å². The third-order valence-electron chi connectivity index (χ3n) is 5.92. The van der Waals surface area contributed by atoms with Gasteiger partial charge in [0.25, 0.3) is 0 Å². The summed E-state index contributed by atoms with van der Waals surface area (Å²) in [6.07, 6.45) is 2.88. The lowest BCUT2D eigenvalue weighted by Gasteiger charge is -2.35. The molecule has 0 aliphatic carbocycles. The smallest absolute Gasteiger partial charge is 0.387 e. The van der Waals surface area contributed by atoms with Gasteiger partial charge < -0.3 is 19.9 Å². The normalized spacial score (nSPS) is 16.4. The Labute approximate surface area is 192 Å². The number of halogens is 2. The molecule has 0 saturated carbocycles. The fourth-order valence-electron chi connectivity index (χ4n) is 4.26. The molecule has 2 heterocycles. The predicted molar refractivity (Wildman–Crippen MR) is 121 cm³/mol. The van der Waals surface area contributed by atoms with Crippen molar-refractivity contribution >= 4 is 17.5 Å². The van der Waals surface area contributed by atoms with Gasteiger partial charge in [-0.25, -0.2) is 4.98 Å². The van der Waals surface area contributed by atoms with E-state index >= 15 is 0 Å². The third-order valence-corrected chi connectivity index (χ3v) is 5.92. The summed E-state index contributed by atoms with van der Waals surface area (Å²) in [7, 11) is 0. The Balaban J connectivity index is 1.95. The third kappa shape index (κ3) is 6.85. The lowest BCUT2D eigenvalue weighted by Crippen LogP contribution is -2.39. The van der Waals surface area contributed by atoms with Crippen LogP contribution >= 0.6 is 0 Å². The highest BCUT2D eigenvalue weighted by Crippen LogP contribution is 2.36. The zero-order valence-electron chi connectivity index (χ0n) is 19.0. The molecule has 9 heteroatoms. The molecule has 0 amide bonds. The number of pyridine rings is 1. The Bertz CT molecular complexity index is 905. The number of anilines is 2. The Kier molecular flexibility index (Phi) is 8.96. The van der Waals surface area contributed by atoms with Crippen LogP contribution < -0.4 is 10.1 Å². The van der Waals surface area contributed by atoms with Gasteiger partial charge in [0.15, 0.2) is 0 Å². The summed E-state index contributed by atoms with van der Waals surface area (Å²) < 4.78 is 34.8. The van der Waals surface area contributed by atoms with Crippen molar-refractivity contribution in [2.24, 2.45) is 0 Å². The van der Waals surface area contributed by atoms with E-state index in [2.05, 4.69) is 32.9 Å². The molecule has 7 nitrogen and oxygen atoms in total. The number of carbonyl (C=O) groups is 1. The van der Waals surface area contributed by atoms with E-state index in [1.165, 1.54) is 12.3 Å². The first-order chi connectivity index (χ1) is 15.9. The highest BCUT2D eigenvalue weighted by molar-refractivity contribution is 5.69. The fourth-order valence-corrected chi connectivity index (χ4v) is 4.26. The molecule has 1 aromatic carbocycles. The summed E-state index contributed by atoms with van der Waals surface area (Å²) in [6, 6.07) is 9.21. The van der Waals surface area contributed by atoms with E-state index in [0.29, 0.717) is 25.5 Å². The van der Waals surface area contributed by atoms with Gasteiger partial charge in [-0.15, -0.1) is 0 Å². The Morgan fingerprint density at radius 2 is 1.97 bits per heavy atom. The molecule has 1 saturated heterocycles. The Morgan fingerprint density at radius 1 is 1.21 bits per heavy atom. The minimum atomic E-state index is -2.91. The Morgan fingerprint density at radius 3 is 2.55 bits per heavy atom. The summed E-state index contributed by atoms with van der Waals surface area (Å²) in [5, 5.41) is 12.6. The summed E-state index contributed by atoms with van der Waals surface area (Å²) in [5.74, 6) is -0.485. The number of benzene rings is 1. The van der Waals surface area contributed by atoms with Crippen molar-refractivity contribution in [3.63, 3.8) is 0 Å². The minimum Gasteiger partial charge on any atom is -0.481 e. The van der Waals surface area contributed by atoms with Gasteiger partial charge in [-0.1, -0.05) is 26.0 Å². The van der Waals surface area contributed by atoms with Gasteiger partial charge in [-0.3, -0.25) is 9.69 Å².